The molecule has 0 radical (unpaired) electrons. The van der Waals surface area contributed by atoms with Gasteiger partial charge >= 0.3 is 51.7 Å². The number of fused-ring (bicyclic) bond motifs is 4. The number of nitrogens with one attached hydrogen (secondary N) is 1. The van der Waals surface area contributed by atoms with Crippen LogP contribution in [0.1, 0.15) is 75.3 Å². The summed E-state index contributed by atoms with van der Waals surface area (Å²) in [6.07, 6.45) is -20.9. The molecular formula is C36H39ClF12N3O3Rh. The molecule has 3 fully saturated rings. The maximum atomic E-state index is 12.4. The second-order valence-electron chi connectivity index (χ2n) is 12.5. The Bertz CT molecular complexity index is 1610. The zero-order valence-corrected chi connectivity index (χ0v) is 32.3. The summed E-state index contributed by atoms with van der Waals surface area (Å²) in [4.78, 5) is 16.0. The van der Waals surface area contributed by atoms with Gasteiger partial charge in [-0.2, -0.15) is 52.7 Å². The maximum absolute atomic E-state index is 12.4. The molecule has 3 aromatic carbocycles. The monoisotopic (exact) mass is 927 g/mol. The van der Waals surface area contributed by atoms with E-state index < -0.39 is 82.1 Å². The van der Waals surface area contributed by atoms with E-state index in [0.29, 0.717) is 30.7 Å². The van der Waals surface area contributed by atoms with Gasteiger partial charge in [-0.25, -0.2) is 0 Å². The average molecular weight is 928 g/mol. The quantitative estimate of drug-likeness (QED) is 0.116. The van der Waals surface area contributed by atoms with Crippen molar-refractivity contribution in [2.24, 2.45) is 0 Å². The summed E-state index contributed by atoms with van der Waals surface area (Å²) in [6.45, 7) is 9.91. The number of benzene rings is 3. The van der Waals surface area contributed by atoms with Crippen LogP contribution in [-0.4, -0.2) is 71.2 Å². The molecule has 3 N–H and O–H groups in total. The number of aliphatic hydroxyl groups is 2. The van der Waals surface area contributed by atoms with Crippen LogP contribution in [0.15, 0.2) is 60.7 Å². The number of alkyl halides is 12. The number of piperazine rings is 3. The van der Waals surface area contributed by atoms with E-state index in [-0.39, 0.29) is 19.6 Å². The Morgan fingerprint density at radius 2 is 1.05 bits per heavy atom. The summed E-state index contributed by atoms with van der Waals surface area (Å²) in [5.74, 6) is -0.860. The van der Waals surface area contributed by atoms with Crippen molar-refractivity contribution in [3.63, 3.8) is 0 Å². The van der Waals surface area contributed by atoms with Gasteiger partial charge in [0.05, 0.1) is 28.4 Å². The number of ketones is 1. The molecule has 1 aliphatic carbocycles. The summed E-state index contributed by atoms with van der Waals surface area (Å²) in [7, 11) is 4.53. The van der Waals surface area contributed by atoms with Crippen molar-refractivity contribution in [2.75, 3.05) is 39.3 Å². The van der Waals surface area contributed by atoms with Crippen LogP contribution in [0.2, 0.25) is 0 Å². The Morgan fingerprint density at radius 1 is 0.714 bits per heavy atom. The Labute approximate surface area is 330 Å². The number of hydrogen-bond donors (Lipinski definition) is 2. The molecule has 3 atom stereocenters. The zero-order valence-electron chi connectivity index (χ0n) is 29.9. The van der Waals surface area contributed by atoms with Crippen LogP contribution in [-0.2, 0) is 48.4 Å². The molecule has 0 saturated carbocycles. The predicted molar refractivity (Wildman–Crippen MR) is 182 cm³/mol. The summed E-state index contributed by atoms with van der Waals surface area (Å²) >= 11 is 2.02. The molecule has 0 unspecified atom stereocenters. The van der Waals surface area contributed by atoms with E-state index in [1.165, 1.54) is 39.3 Å². The largest absolute Gasteiger partial charge is 0.669 e. The first-order valence-corrected chi connectivity index (χ1v) is 18.2. The fourth-order valence-corrected chi connectivity index (χ4v) is 5.47. The van der Waals surface area contributed by atoms with E-state index >= 15 is 0 Å². The van der Waals surface area contributed by atoms with Crippen LogP contribution in [0, 0.1) is 7.43 Å². The first-order valence-electron chi connectivity index (χ1n) is 16.1. The molecule has 4 aliphatic rings. The molecule has 20 heteroatoms. The Kier molecular flexibility index (Phi) is 19.5. The van der Waals surface area contributed by atoms with Crippen LogP contribution in [0.3, 0.4) is 0 Å². The second-order valence-corrected chi connectivity index (χ2v) is 12.5. The minimum atomic E-state index is -4.93. The van der Waals surface area contributed by atoms with Crippen molar-refractivity contribution in [1.29, 1.82) is 0 Å². The predicted octanol–water partition coefficient (Wildman–Crippen LogP) is 10.2. The standard InChI is InChI=1S/C10H8F6O.C10H6F6O.C9H10NO.C6H12N2.CH3.ClH.Rh/c2*1-5(17)6-2-7(9(11,12)13)4-8(3-6)10(14,15)16;10-9-7-4-2-1-3-6(7)5-8(9)11;1-2-8-5-3-7(1)4-6-8;;;/h2-5,17H,1H3;2-4H,1H3;1-4,8-11H,5H2;1-6H2;1H3;1H;/q;;-1;;-1;;+3/p-1/t5-;;8-,9+;;;;/m1.1..../s1. The van der Waals surface area contributed by atoms with Crippen molar-refractivity contribution in [3.05, 3.63) is 118 Å². The minimum Gasteiger partial charge on any atom is -0.669 e. The van der Waals surface area contributed by atoms with E-state index in [2.05, 4.69) is 19.5 Å². The van der Waals surface area contributed by atoms with Crippen molar-refractivity contribution >= 4 is 15.5 Å². The van der Waals surface area contributed by atoms with Crippen LogP contribution in [0.4, 0.5) is 52.7 Å². The van der Waals surface area contributed by atoms with E-state index in [1.807, 2.05) is 41.6 Å². The molecule has 3 heterocycles. The summed E-state index contributed by atoms with van der Waals surface area (Å²) in [6, 6.07) is 9.14. The van der Waals surface area contributed by atoms with Crippen LogP contribution >= 0.6 is 9.69 Å². The number of Topliss-reactive ketones (excluding diaryl/α,β-unsaturated/α-hetero) is 1. The fraction of sp³-hybridized carbons (Fsp3) is 0.444. The SMILES string of the molecule is C1CN2CCN1CC2.CC(=O)c1cc(C(F)(F)F)cc(C(F)(F)F)c1.C[C@@H](O)c1cc(C(F)(F)F)cc(C(F)(F)F)c1.[CH3-].[Cl][Rh+2].[NH-][C@H]1c2ccccc2C[C@H]1O. The number of nitrogens with zero attached hydrogens (tertiary/aromatic N) is 2. The van der Waals surface area contributed by atoms with Crippen molar-refractivity contribution in [3.8, 4) is 0 Å². The number of carbonyl (C=O) groups excluding carboxylic acids is 1. The van der Waals surface area contributed by atoms with Crippen molar-refractivity contribution in [2.45, 2.75) is 63.2 Å². The number of rotatable bonds is 2. The molecule has 3 saturated heterocycles. The van der Waals surface area contributed by atoms with Gasteiger partial charge in [0, 0.05) is 50.9 Å². The molecule has 3 aromatic rings. The molecule has 2 bridgehead atoms. The van der Waals surface area contributed by atoms with Gasteiger partial charge in [0.2, 0.25) is 0 Å². The van der Waals surface area contributed by atoms with Gasteiger partial charge in [-0.3, -0.25) is 14.6 Å². The fourth-order valence-electron chi connectivity index (χ4n) is 5.47. The third-order valence-electron chi connectivity index (χ3n) is 8.49. The molecule has 316 valence electrons. The summed E-state index contributed by atoms with van der Waals surface area (Å²) in [5, 5.41) is 18.4. The smallest absolute Gasteiger partial charge is 0.0459 e. The van der Waals surface area contributed by atoms with E-state index in [1.54, 1.807) is 0 Å². The molecular weight excluding hydrogens is 889 g/mol. The minimum absolute atomic E-state index is 0. The second kappa shape index (κ2) is 21.3. The van der Waals surface area contributed by atoms with Crippen molar-refractivity contribution < 1.29 is 85.0 Å². The number of aliphatic hydroxyl groups excluding tert-OH is 2. The Balaban J connectivity index is 0.000000376. The maximum Gasteiger partial charge on any atom is 0.0459 e. The molecule has 0 amide bonds. The van der Waals surface area contributed by atoms with Gasteiger partial charge in [-0.15, -0.1) is 0 Å². The van der Waals surface area contributed by atoms with E-state index in [4.69, 9.17) is 10.8 Å². The zero-order chi connectivity index (χ0) is 42.1. The number of halogens is 13. The first kappa shape index (κ1) is 51.2. The normalized spacial score (nSPS) is 20.5. The summed E-state index contributed by atoms with van der Waals surface area (Å²) < 4.78 is 148. The first-order chi connectivity index (χ1) is 25.3. The van der Waals surface area contributed by atoms with Crippen LogP contribution in [0.25, 0.3) is 5.73 Å². The number of hydrogen-bond acceptors (Lipinski definition) is 5. The van der Waals surface area contributed by atoms with Gasteiger partial charge in [-0.05, 0) is 67.8 Å². The molecule has 6 nitrogen and oxygen atoms in total. The van der Waals surface area contributed by atoms with E-state index in [9.17, 15) is 62.6 Å². The van der Waals surface area contributed by atoms with Crippen molar-refractivity contribution in [1.82, 2.24) is 9.80 Å². The topological polar surface area (TPSA) is 87.8 Å². The van der Waals surface area contributed by atoms with Crippen LogP contribution < -0.4 is 0 Å². The Morgan fingerprint density at radius 3 is 1.34 bits per heavy atom. The van der Waals surface area contributed by atoms with Gasteiger partial charge < -0.3 is 23.4 Å². The van der Waals surface area contributed by atoms with Gasteiger partial charge in [0.1, 0.15) is 0 Å². The molecule has 0 aromatic heterocycles. The van der Waals surface area contributed by atoms with E-state index in [0.717, 1.165) is 25.0 Å². The molecule has 7 rings (SSSR count). The van der Waals surface area contributed by atoms with Crippen LogP contribution in [0.5, 0.6) is 0 Å². The third-order valence-corrected chi connectivity index (χ3v) is 8.49. The average Bonchev–Trinajstić information content (AvgIpc) is 3.41. The molecule has 56 heavy (non-hydrogen) atoms. The third kappa shape index (κ3) is 15.5. The molecule has 3 aliphatic heterocycles. The van der Waals surface area contributed by atoms with Gasteiger partial charge in [-0.1, -0.05) is 35.9 Å². The Hall–Kier alpha value is -2.80. The molecule has 0 spiro atoms. The van der Waals surface area contributed by atoms with Gasteiger partial charge in [0.25, 0.3) is 0 Å². The number of carbonyl (C=O) groups is 1. The summed E-state index contributed by atoms with van der Waals surface area (Å²) in [5.41, 5.74) is 2.81. The van der Waals surface area contributed by atoms with Gasteiger partial charge in [0.15, 0.2) is 5.78 Å².